The Bertz CT molecular complexity index is 2080. The molecule has 0 radical (unpaired) electrons. The number of anilines is 2. The summed E-state index contributed by atoms with van der Waals surface area (Å²) < 4.78 is 0. The predicted octanol–water partition coefficient (Wildman–Crippen LogP) is 9.25. The van der Waals surface area contributed by atoms with Gasteiger partial charge in [-0.05, 0) is 70.3 Å². The van der Waals surface area contributed by atoms with E-state index in [4.69, 9.17) is 16.9 Å². The maximum Gasteiger partial charge on any atom is 0.168 e. The molecule has 2 heterocycles. The van der Waals surface area contributed by atoms with Crippen LogP contribution in [0, 0.1) is 16.7 Å². The molecule has 1 aliphatic heterocycles. The predicted molar refractivity (Wildman–Crippen MR) is 190 cm³/mol. The summed E-state index contributed by atoms with van der Waals surface area (Å²) in [6, 6.07) is 30.8. The molecule has 0 unspecified atom stereocenters. The third-order valence-electron chi connectivity index (χ3n) is 9.50. The van der Waals surface area contributed by atoms with E-state index < -0.39 is 0 Å². The molecule has 0 atom stereocenters. The third-order valence-corrected chi connectivity index (χ3v) is 9.80. The Morgan fingerprint density at radius 1 is 0.848 bits per heavy atom. The van der Waals surface area contributed by atoms with Gasteiger partial charge in [-0.15, -0.1) is 0 Å². The SMILES string of the molecule is CC1(C)CC=CC2=C1CC(=O)c1c2ccc2cc(N3CCN(c4ccccc4)CC3)cc(Cl)c12.N#Cc1cnc2ccccc2c1. The van der Waals surface area contributed by atoms with E-state index in [1.54, 1.807) is 6.20 Å². The quantitative estimate of drug-likeness (QED) is 0.196. The second kappa shape index (κ2) is 12.1. The van der Waals surface area contributed by atoms with E-state index in [-0.39, 0.29) is 11.2 Å². The lowest BCUT2D eigenvalue weighted by Gasteiger charge is -2.38. The maximum absolute atomic E-state index is 13.4. The molecule has 0 N–H and O–H groups in total. The first kappa shape index (κ1) is 29.8. The van der Waals surface area contributed by atoms with Gasteiger partial charge in [0.15, 0.2) is 5.78 Å². The minimum atomic E-state index is 0.0158. The molecule has 0 spiro atoms. The molecule has 228 valence electrons. The fourth-order valence-electron chi connectivity index (χ4n) is 6.99. The van der Waals surface area contributed by atoms with Crippen molar-refractivity contribution in [3.63, 3.8) is 0 Å². The third kappa shape index (κ3) is 5.55. The van der Waals surface area contributed by atoms with Crippen LogP contribution in [0.1, 0.15) is 48.2 Å². The minimum absolute atomic E-state index is 0.0158. The molecule has 5 nitrogen and oxygen atoms in total. The number of fused-ring (bicyclic) bond motifs is 5. The minimum Gasteiger partial charge on any atom is -0.368 e. The van der Waals surface area contributed by atoms with Crippen molar-refractivity contribution in [3.8, 4) is 6.07 Å². The number of nitrogens with zero attached hydrogens (tertiary/aromatic N) is 4. The highest BCUT2D eigenvalue weighted by atomic mass is 35.5. The van der Waals surface area contributed by atoms with E-state index in [9.17, 15) is 4.79 Å². The molecule has 1 aromatic heterocycles. The molecule has 0 saturated carbocycles. The molecule has 46 heavy (non-hydrogen) atoms. The number of halogens is 1. The van der Waals surface area contributed by atoms with Crippen molar-refractivity contribution in [2.75, 3.05) is 36.0 Å². The van der Waals surface area contributed by atoms with E-state index in [2.05, 4.69) is 101 Å². The number of Topliss-reactive ketones (excluding diaryl/α,β-unsaturated/α-hetero) is 1. The number of pyridine rings is 1. The first-order valence-corrected chi connectivity index (χ1v) is 16.2. The Labute approximate surface area is 275 Å². The van der Waals surface area contributed by atoms with Crippen LogP contribution in [0.5, 0.6) is 0 Å². The van der Waals surface area contributed by atoms with Gasteiger partial charge in [-0.3, -0.25) is 9.78 Å². The van der Waals surface area contributed by atoms with Gasteiger partial charge in [0.05, 0.1) is 16.1 Å². The lowest BCUT2D eigenvalue weighted by molar-refractivity contribution is 0.0985. The number of ketones is 1. The van der Waals surface area contributed by atoms with Crippen LogP contribution in [0.2, 0.25) is 5.02 Å². The summed E-state index contributed by atoms with van der Waals surface area (Å²) in [5, 5.41) is 12.2. The van der Waals surface area contributed by atoms with Crippen LogP contribution >= 0.6 is 11.6 Å². The van der Waals surface area contributed by atoms with Crippen LogP contribution in [0.25, 0.3) is 27.2 Å². The van der Waals surface area contributed by atoms with Crippen molar-refractivity contribution in [2.45, 2.75) is 26.7 Å². The van der Waals surface area contributed by atoms with Gasteiger partial charge in [-0.1, -0.05) is 86.1 Å². The van der Waals surface area contributed by atoms with Gasteiger partial charge in [-0.2, -0.15) is 5.26 Å². The van der Waals surface area contributed by atoms with Gasteiger partial charge in [0, 0.05) is 66.5 Å². The van der Waals surface area contributed by atoms with E-state index in [1.807, 2.05) is 30.3 Å². The van der Waals surface area contributed by atoms with E-state index in [1.165, 1.54) is 16.8 Å². The molecule has 5 aromatic rings. The summed E-state index contributed by atoms with van der Waals surface area (Å²) in [6.07, 6.45) is 7.49. The van der Waals surface area contributed by atoms with Crippen molar-refractivity contribution < 1.29 is 4.79 Å². The van der Waals surface area contributed by atoms with E-state index in [0.717, 1.165) is 71.1 Å². The van der Waals surface area contributed by atoms with Gasteiger partial charge in [0.25, 0.3) is 0 Å². The van der Waals surface area contributed by atoms with Crippen LogP contribution in [0.15, 0.2) is 109 Å². The average molecular weight is 623 g/mol. The number of carbonyl (C=O) groups excluding carboxylic acids is 1. The number of nitriles is 1. The summed E-state index contributed by atoms with van der Waals surface area (Å²) in [5.74, 6) is 0.189. The zero-order chi connectivity index (χ0) is 31.8. The van der Waals surface area contributed by atoms with Gasteiger partial charge >= 0.3 is 0 Å². The summed E-state index contributed by atoms with van der Waals surface area (Å²) >= 11 is 6.92. The van der Waals surface area contributed by atoms with Crippen molar-refractivity contribution in [3.05, 3.63) is 131 Å². The summed E-state index contributed by atoms with van der Waals surface area (Å²) in [5.41, 5.74) is 8.26. The largest absolute Gasteiger partial charge is 0.368 e. The van der Waals surface area contributed by atoms with E-state index in [0.29, 0.717) is 17.0 Å². The number of hydrogen-bond acceptors (Lipinski definition) is 5. The highest BCUT2D eigenvalue weighted by Gasteiger charge is 2.35. The summed E-state index contributed by atoms with van der Waals surface area (Å²) in [4.78, 5) is 22.4. The number of para-hydroxylation sites is 2. The van der Waals surface area contributed by atoms with Crippen molar-refractivity contribution >= 4 is 56.0 Å². The van der Waals surface area contributed by atoms with E-state index >= 15 is 0 Å². The normalized spacial score (nSPS) is 16.9. The molecular formula is C40H35ClN4O. The Morgan fingerprint density at radius 3 is 2.33 bits per heavy atom. The smallest absolute Gasteiger partial charge is 0.168 e. The molecular weight excluding hydrogens is 588 g/mol. The molecule has 1 saturated heterocycles. The topological polar surface area (TPSA) is 60.2 Å². The molecule has 2 aliphatic carbocycles. The highest BCUT2D eigenvalue weighted by Crippen LogP contribution is 2.48. The number of hydrogen-bond donors (Lipinski definition) is 0. The molecule has 8 rings (SSSR count). The Morgan fingerprint density at radius 2 is 1.57 bits per heavy atom. The van der Waals surface area contributed by atoms with Gasteiger partial charge < -0.3 is 9.80 Å². The molecule has 6 heteroatoms. The number of allylic oxidation sites excluding steroid dienone is 4. The number of rotatable bonds is 2. The second-order valence-corrected chi connectivity index (χ2v) is 13.2. The van der Waals surface area contributed by atoms with Crippen LogP contribution in [-0.4, -0.2) is 36.9 Å². The molecule has 1 fully saturated rings. The van der Waals surface area contributed by atoms with Crippen LogP contribution in [-0.2, 0) is 0 Å². The number of aromatic nitrogens is 1. The van der Waals surface area contributed by atoms with Gasteiger partial charge in [-0.25, -0.2) is 0 Å². The number of benzene rings is 4. The fourth-order valence-corrected chi connectivity index (χ4v) is 7.30. The van der Waals surface area contributed by atoms with Crippen molar-refractivity contribution in [2.24, 2.45) is 5.41 Å². The monoisotopic (exact) mass is 622 g/mol. The first-order valence-electron chi connectivity index (χ1n) is 15.8. The zero-order valence-corrected chi connectivity index (χ0v) is 26.9. The molecule has 0 bridgehead atoms. The molecule has 3 aliphatic rings. The zero-order valence-electron chi connectivity index (χ0n) is 26.1. The summed E-state index contributed by atoms with van der Waals surface area (Å²) in [7, 11) is 0. The van der Waals surface area contributed by atoms with Gasteiger partial charge in [0.1, 0.15) is 6.07 Å². The van der Waals surface area contributed by atoms with Crippen molar-refractivity contribution in [1.29, 1.82) is 5.26 Å². The van der Waals surface area contributed by atoms with Crippen molar-refractivity contribution in [1.82, 2.24) is 4.98 Å². The first-order chi connectivity index (χ1) is 22.3. The number of piperazine rings is 1. The second-order valence-electron chi connectivity index (χ2n) is 12.8. The van der Waals surface area contributed by atoms with Gasteiger partial charge in [0.2, 0.25) is 0 Å². The highest BCUT2D eigenvalue weighted by molar-refractivity contribution is 6.38. The standard InChI is InChI=1S/C30H29ClN2O.C10H6N2/c1-30(2)12-6-9-23-24-11-10-20-17-22(18-26(31)28(20)29(24)27(34)19-25(23)30)33-15-13-32(14-16-33)21-7-4-3-5-8-21;11-6-8-5-9-3-1-2-4-10(9)12-7-8/h3-11,17-18H,12-16,19H2,1-2H3;1-5,7H. The number of carbonyl (C=O) groups is 1. The molecule has 4 aromatic carbocycles. The lowest BCUT2D eigenvalue weighted by Crippen LogP contribution is -2.46. The Kier molecular flexibility index (Phi) is 7.84. The van der Waals surface area contributed by atoms with Crippen LogP contribution in [0.3, 0.4) is 0 Å². The molecule has 0 amide bonds. The average Bonchev–Trinajstić information content (AvgIpc) is 3.09. The Balaban J connectivity index is 0.000000236. The fraction of sp³-hybridized carbons (Fsp3) is 0.225. The lowest BCUT2D eigenvalue weighted by atomic mass is 9.68. The maximum atomic E-state index is 13.4. The Hall–Kier alpha value is -4.92. The summed E-state index contributed by atoms with van der Waals surface area (Å²) in [6.45, 7) is 8.31. The van der Waals surface area contributed by atoms with Crippen LogP contribution in [0.4, 0.5) is 11.4 Å². The van der Waals surface area contributed by atoms with Crippen LogP contribution < -0.4 is 9.80 Å².